The second-order valence-corrected chi connectivity index (χ2v) is 7.08. The van der Waals surface area contributed by atoms with Crippen molar-refractivity contribution in [2.45, 2.75) is 30.5 Å². The van der Waals surface area contributed by atoms with E-state index >= 15 is 0 Å². The zero-order valence-corrected chi connectivity index (χ0v) is 14.1. The number of nitrogens with zero attached hydrogens (tertiary/aromatic N) is 3. The van der Waals surface area contributed by atoms with Gasteiger partial charge in [0.05, 0.1) is 11.4 Å². The van der Waals surface area contributed by atoms with Crippen molar-refractivity contribution in [2.75, 3.05) is 11.6 Å². The molecule has 0 atom stereocenters. The average Bonchev–Trinajstić information content (AvgIpc) is 2.85. The second kappa shape index (κ2) is 8.00. The zero-order chi connectivity index (χ0) is 17.7. The highest BCUT2D eigenvalue weighted by molar-refractivity contribution is 8.03. The van der Waals surface area contributed by atoms with Gasteiger partial charge in [-0.1, -0.05) is 0 Å². The zero-order valence-electron chi connectivity index (χ0n) is 12.5. The Morgan fingerprint density at radius 2 is 2.17 bits per heavy atom. The lowest BCUT2D eigenvalue weighted by molar-refractivity contribution is -0.141. The van der Waals surface area contributed by atoms with Gasteiger partial charge in [0.15, 0.2) is 0 Å². The van der Waals surface area contributed by atoms with E-state index in [0.717, 1.165) is 41.6 Å². The molecule has 0 bridgehead atoms. The van der Waals surface area contributed by atoms with Crippen LogP contribution in [0.15, 0.2) is 27.9 Å². The van der Waals surface area contributed by atoms with Crippen LogP contribution in [0.4, 0.5) is 13.2 Å². The lowest BCUT2D eigenvalue weighted by atomic mass is 10.2. The van der Waals surface area contributed by atoms with Crippen molar-refractivity contribution in [2.24, 2.45) is 5.84 Å². The van der Waals surface area contributed by atoms with Crippen LogP contribution in [0.25, 0.3) is 0 Å². The van der Waals surface area contributed by atoms with E-state index in [1.807, 2.05) is 6.07 Å². The monoisotopic (exact) mass is 376 g/mol. The summed E-state index contributed by atoms with van der Waals surface area (Å²) in [6.45, 7) is 0. The van der Waals surface area contributed by atoms with Gasteiger partial charge >= 0.3 is 6.18 Å². The van der Waals surface area contributed by atoms with Crippen LogP contribution in [-0.2, 0) is 6.18 Å². The third-order valence-corrected chi connectivity index (χ3v) is 5.43. The normalized spacial score (nSPS) is 15.0. The van der Waals surface area contributed by atoms with Gasteiger partial charge in [-0.3, -0.25) is 5.01 Å². The number of hydrogen-bond donors (Lipinski definition) is 2. The van der Waals surface area contributed by atoms with Crippen LogP contribution >= 0.6 is 23.5 Å². The van der Waals surface area contributed by atoms with E-state index in [1.165, 1.54) is 16.8 Å². The van der Waals surface area contributed by atoms with Crippen LogP contribution in [-0.4, -0.2) is 26.7 Å². The highest BCUT2D eigenvalue weighted by Crippen LogP contribution is 2.33. The predicted molar refractivity (Wildman–Crippen MR) is 86.7 cm³/mol. The Balaban J connectivity index is 1.87. The summed E-state index contributed by atoms with van der Waals surface area (Å²) in [5, 5.41) is 20.0. The van der Waals surface area contributed by atoms with Crippen molar-refractivity contribution in [1.82, 2.24) is 9.99 Å². The molecule has 2 heterocycles. The van der Waals surface area contributed by atoms with Gasteiger partial charge in [-0.2, -0.15) is 18.4 Å². The minimum atomic E-state index is -4.53. The van der Waals surface area contributed by atoms with Gasteiger partial charge in [0.2, 0.25) is 5.88 Å². The Morgan fingerprint density at radius 3 is 2.75 bits per heavy atom. The number of aliphatic hydroxyl groups excluding tert-OH is 1. The van der Waals surface area contributed by atoms with Crippen LogP contribution in [0.3, 0.4) is 0 Å². The molecule has 24 heavy (non-hydrogen) atoms. The summed E-state index contributed by atoms with van der Waals surface area (Å²) in [5.74, 6) is 6.65. The number of aliphatic hydroxyl groups is 1. The van der Waals surface area contributed by atoms with Crippen LogP contribution in [0, 0.1) is 11.3 Å². The molecule has 0 fully saturated rings. The molecule has 3 N–H and O–H groups in total. The van der Waals surface area contributed by atoms with Gasteiger partial charge in [0, 0.05) is 4.91 Å². The highest BCUT2D eigenvalue weighted by atomic mass is 32.2. The summed E-state index contributed by atoms with van der Waals surface area (Å²) in [6, 6.07) is 3.81. The molecule has 1 aromatic heterocycles. The van der Waals surface area contributed by atoms with Gasteiger partial charge in [-0.15, -0.1) is 23.5 Å². The van der Waals surface area contributed by atoms with Crippen LogP contribution in [0.2, 0.25) is 0 Å². The van der Waals surface area contributed by atoms with Crippen LogP contribution < -0.4 is 5.84 Å². The van der Waals surface area contributed by atoms with Crippen molar-refractivity contribution in [3.63, 3.8) is 0 Å². The van der Waals surface area contributed by atoms with E-state index in [-0.39, 0.29) is 16.5 Å². The number of allylic oxidation sites excluding steroid dienone is 1. The van der Waals surface area contributed by atoms with Gasteiger partial charge in [-0.25, -0.2) is 10.8 Å². The molecule has 2 rings (SSSR count). The minimum absolute atomic E-state index is 0.0824. The molecule has 0 aliphatic carbocycles. The van der Waals surface area contributed by atoms with Gasteiger partial charge in [-0.05, 0) is 37.1 Å². The standard InChI is InChI=1S/C14H15F3N4OS2/c15-14(16,17)11-5-4-9(7-18)12(20-11)23-6-2-1-3-10-13(22)21(19)8-24-10/h4-5,22H,1-3,6,8,19H2. The van der Waals surface area contributed by atoms with Crippen molar-refractivity contribution in [1.29, 1.82) is 5.26 Å². The summed E-state index contributed by atoms with van der Waals surface area (Å²) < 4.78 is 38.1. The van der Waals surface area contributed by atoms with Crippen molar-refractivity contribution >= 4 is 23.5 Å². The Bertz CT molecular complexity index is 673. The summed E-state index contributed by atoms with van der Waals surface area (Å²) in [7, 11) is 0. The van der Waals surface area contributed by atoms with Gasteiger partial charge in [0.25, 0.3) is 0 Å². The number of rotatable bonds is 6. The first-order valence-electron chi connectivity index (χ1n) is 7.01. The Morgan fingerprint density at radius 1 is 1.42 bits per heavy atom. The number of aromatic nitrogens is 1. The van der Waals surface area contributed by atoms with E-state index in [9.17, 15) is 18.3 Å². The molecule has 1 aliphatic rings. The second-order valence-electron chi connectivity index (χ2n) is 4.95. The number of pyridine rings is 1. The predicted octanol–water partition coefficient (Wildman–Crippen LogP) is 3.84. The number of alkyl halides is 3. The molecule has 0 radical (unpaired) electrons. The average molecular weight is 376 g/mol. The van der Waals surface area contributed by atoms with E-state index in [2.05, 4.69) is 4.98 Å². The Labute approximate surface area is 145 Å². The maximum Gasteiger partial charge on any atom is 0.433 e. The molecule has 0 aromatic carbocycles. The lowest BCUT2D eigenvalue weighted by Gasteiger charge is -2.09. The molecule has 0 spiro atoms. The van der Waals surface area contributed by atoms with E-state index < -0.39 is 11.9 Å². The number of thioether (sulfide) groups is 2. The maximum absolute atomic E-state index is 12.7. The summed E-state index contributed by atoms with van der Waals surface area (Å²) >= 11 is 2.60. The van der Waals surface area contributed by atoms with Crippen molar-refractivity contribution in [3.8, 4) is 6.07 Å². The molecular weight excluding hydrogens is 361 g/mol. The number of nitrogens with two attached hydrogens (primary N) is 1. The van der Waals surface area contributed by atoms with Gasteiger partial charge < -0.3 is 5.11 Å². The smallest absolute Gasteiger partial charge is 0.433 e. The topological polar surface area (TPSA) is 86.2 Å². The summed E-state index contributed by atoms with van der Waals surface area (Å²) in [6.07, 6.45) is -2.39. The number of halogens is 3. The van der Waals surface area contributed by atoms with E-state index in [0.29, 0.717) is 18.1 Å². The molecule has 0 amide bonds. The Hall–Kier alpha value is -1.57. The highest BCUT2D eigenvalue weighted by Gasteiger charge is 2.33. The lowest BCUT2D eigenvalue weighted by Crippen LogP contribution is -2.26. The first-order valence-corrected chi connectivity index (χ1v) is 8.98. The Kier molecular flexibility index (Phi) is 6.26. The summed E-state index contributed by atoms with van der Waals surface area (Å²) in [5.41, 5.74) is -0.858. The number of hydrogen-bond acceptors (Lipinski definition) is 7. The number of hydrazine groups is 1. The molecule has 10 heteroatoms. The van der Waals surface area contributed by atoms with E-state index in [4.69, 9.17) is 11.1 Å². The van der Waals surface area contributed by atoms with Gasteiger partial charge in [0.1, 0.15) is 16.8 Å². The molecule has 1 aromatic rings. The molecule has 0 saturated heterocycles. The summed E-state index contributed by atoms with van der Waals surface area (Å²) in [4.78, 5) is 4.37. The first-order chi connectivity index (χ1) is 11.3. The molecule has 5 nitrogen and oxygen atoms in total. The molecule has 130 valence electrons. The molecule has 0 saturated carbocycles. The first kappa shape index (κ1) is 18.8. The third kappa shape index (κ3) is 4.72. The number of nitriles is 1. The van der Waals surface area contributed by atoms with Crippen LogP contribution in [0.5, 0.6) is 0 Å². The SMILES string of the molecule is N#Cc1ccc(C(F)(F)F)nc1SCCCCC1=C(O)N(N)CS1. The molecule has 1 aliphatic heterocycles. The third-order valence-electron chi connectivity index (χ3n) is 3.21. The fraction of sp³-hybridized carbons (Fsp3) is 0.429. The quantitative estimate of drug-likeness (QED) is 0.443. The van der Waals surface area contributed by atoms with Crippen molar-refractivity contribution < 1.29 is 18.3 Å². The fourth-order valence-electron chi connectivity index (χ4n) is 1.97. The minimum Gasteiger partial charge on any atom is -0.493 e. The fourth-order valence-corrected chi connectivity index (χ4v) is 3.89. The maximum atomic E-state index is 12.7. The number of unbranched alkanes of at least 4 members (excludes halogenated alkanes) is 1. The van der Waals surface area contributed by atoms with Crippen molar-refractivity contribution in [3.05, 3.63) is 34.2 Å². The van der Waals surface area contributed by atoms with Crippen LogP contribution in [0.1, 0.15) is 30.5 Å². The molecule has 0 unspecified atom stereocenters. The van der Waals surface area contributed by atoms with E-state index in [1.54, 1.807) is 0 Å². The largest absolute Gasteiger partial charge is 0.493 e. The molecular formula is C14H15F3N4OS2.